The number of benzene rings is 1. The molecule has 0 saturated carbocycles. The summed E-state index contributed by atoms with van der Waals surface area (Å²) >= 11 is 0. The number of hydrogen-bond donors (Lipinski definition) is 1. The highest BCUT2D eigenvalue weighted by Gasteiger charge is 2.33. The molecule has 1 fully saturated rings. The SMILES string of the molecule is CC(C)(c1nc(-c2ccc(F)c(F)c2)n[nH]1)N1CCOCC1. The Kier molecular flexibility index (Phi) is 3.92. The zero-order valence-corrected chi connectivity index (χ0v) is 12.6. The number of H-pyrrole nitrogens is 1. The number of hydrogen-bond acceptors (Lipinski definition) is 4. The molecule has 2 aromatic rings. The van der Waals surface area contributed by atoms with Crippen LogP contribution in [0.4, 0.5) is 8.78 Å². The van der Waals surface area contributed by atoms with Crippen LogP contribution >= 0.6 is 0 Å². The van der Waals surface area contributed by atoms with Gasteiger partial charge in [-0.1, -0.05) is 0 Å². The van der Waals surface area contributed by atoms with E-state index in [0.29, 0.717) is 30.4 Å². The molecule has 0 bridgehead atoms. The number of ether oxygens (including phenoxy) is 1. The van der Waals surface area contributed by atoms with Crippen LogP contribution in [-0.4, -0.2) is 46.4 Å². The molecule has 0 atom stereocenters. The summed E-state index contributed by atoms with van der Waals surface area (Å²) in [5.41, 5.74) is 0.104. The fourth-order valence-corrected chi connectivity index (χ4v) is 2.57. The molecule has 1 aliphatic rings. The molecule has 22 heavy (non-hydrogen) atoms. The van der Waals surface area contributed by atoms with Gasteiger partial charge in [0, 0.05) is 18.7 Å². The van der Waals surface area contributed by atoms with Gasteiger partial charge in [0.1, 0.15) is 5.82 Å². The van der Waals surface area contributed by atoms with Crippen molar-refractivity contribution in [1.82, 2.24) is 20.1 Å². The van der Waals surface area contributed by atoms with Crippen LogP contribution in [0.3, 0.4) is 0 Å². The lowest BCUT2D eigenvalue weighted by atomic mass is 10.0. The van der Waals surface area contributed by atoms with Crippen molar-refractivity contribution in [3.63, 3.8) is 0 Å². The van der Waals surface area contributed by atoms with E-state index in [1.807, 2.05) is 13.8 Å². The number of aromatic nitrogens is 3. The lowest BCUT2D eigenvalue weighted by molar-refractivity contribution is -0.0146. The fourth-order valence-electron chi connectivity index (χ4n) is 2.57. The minimum Gasteiger partial charge on any atom is -0.379 e. The van der Waals surface area contributed by atoms with Gasteiger partial charge in [-0.3, -0.25) is 10.00 Å². The predicted octanol–water partition coefficient (Wildman–Crippen LogP) is 2.32. The Balaban J connectivity index is 1.87. The Morgan fingerprint density at radius 2 is 1.91 bits per heavy atom. The van der Waals surface area contributed by atoms with Crippen LogP contribution in [0.5, 0.6) is 0 Å². The van der Waals surface area contributed by atoms with Gasteiger partial charge in [-0.05, 0) is 32.0 Å². The summed E-state index contributed by atoms with van der Waals surface area (Å²) in [6.07, 6.45) is 0. The first kappa shape index (κ1) is 15.1. The minimum atomic E-state index is -0.906. The standard InChI is InChI=1S/C15H18F2N4O/c1-15(2,21-5-7-22-8-6-21)14-18-13(19-20-14)10-3-4-11(16)12(17)9-10/h3-4,9H,5-8H2,1-2H3,(H,18,19,20). The number of rotatable bonds is 3. The first-order chi connectivity index (χ1) is 10.5. The van der Waals surface area contributed by atoms with E-state index in [1.54, 1.807) is 0 Å². The largest absolute Gasteiger partial charge is 0.379 e. The topological polar surface area (TPSA) is 54.0 Å². The molecule has 7 heteroatoms. The van der Waals surface area contributed by atoms with Gasteiger partial charge in [0.05, 0.1) is 18.8 Å². The molecule has 1 aliphatic heterocycles. The number of aromatic amines is 1. The third kappa shape index (κ3) is 2.74. The van der Waals surface area contributed by atoms with Crippen molar-refractivity contribution in [3.05, 3.63) is 35.7 Å². The smallest absolute Gasteiger partial charge is 0.181 e. The molecule has 3 rings (SSSR count). The van der Waals surface area contributed by atoms with Crippen molar-refractivity contribution >= 4 is 0 Å². The van der Waals surface area contributed by atoms with Gasteiger partial charge in [0.15, 0.2) is 17.5 Å². The molecule has 0 aliphatic carbocycles. The predicted molar refractivity (Wildman–Crippen MR) is 77.2 cm³/mol. The summed E-state index contributed by atoms with van der Waals surface area (Å²) in [4.78, 5) is 6.72. The van der Waals surface area contributed by atoms with Crippen molar-refractivity contribution in [1.29, 1.82) is 0 Å². The first-order valence-electron chi connectivity index (χ1n) is 7.19. The quantitative estimate of drug-likeness (QED) is 0.945. The van der Waals surface area contributed by atoms with Gasteiger partial charge in [0.25, 0.3) is 0 Å². The van der Waals surface area contributed by atoms with Crippen LogP contribution in [0, 0.1) is 11.6 Å². The Labute approximate surface area is 127 Å². The maximum atomic E-state index is 13.3. The van der Waals surface area contributed by atoms with E-state index in [9.17, 15) is 8.78 Å². The van der Waals surface area contributed by atoms with E-state index in [-0.39, 0.29) is 5.54 Å². The normalized spacial score (nSPS) is 16.9. The Bertz CT molecular complexity index is 665. The number of morpholine rings is 1. The van der Waals surface area contributed by atoms with Crippen molar-refractivity contribution < 1.29 is 13.5 Å². The number of halogens is 2. The van der Waals surface area contributed by atoms with E-state index in [2.05, 4.69) is 20.1 Å². The third-order valence-corrected chi connectivity index (χ3v) is 4.04. The molecule has 5 nitrogen and oxygen atoms in total. The molecular formula is C15H18F2N4O. The highest BCUT2D eigenvalue weighted by atomic mass is 19.2. The minimum absolute atomic E-state index is 0.340. The van der Waals surface area contributed by atoms with E-state index in [4.69, 9.17) is 4.74 Å². The molecule has 1 aromatic heterocycles. The Morgan fingerprint density at radius 1 is 1.18 bits per heavy atom. The first-order valence-corrected chi connectivity index (χ1v) is 7.19. The van der Waals surface area contributed by atoms with E-state index in [1.165, 1.54) is 6.07 Å². The summed E-state index contributed by atoms with van der Waals surface area (Å²) in [6.45, 7) is 7.10. The summed E-state index contributed by atoms with van der Waals surface area (Å²) in [5.74, 6) is -0.742. The molecular weight excluding hydrogens is 290 g/mol. The molecule has 1 saturated heterocycles. The van der Waals surface area contributed by atoms with Crippen LogP contribution in [0.2, 0.25) is 0 Å². The molecule has 0 unspecified atom stereocenters. The Hall–Kier alpha value is -1.86. The highest BCUT2D eigenvalue weighted by molar-refractivity contribution is 5.54. The maximum Gasteiger partial charge on any atom is 0.181 e. The average Bonchev–Trinajstić information content (AvgIpc) is 3.01. The molecule has 0 amide bonds. The number of nitrogens with zero attached hydrogens (tertiary/aromatic N) is 3. The van der Waals surface area contributed by atoms with Crippen LogP contribution in [-0.2, 0) is 10.3 Å². The van der Waals surface area contributed by atoms with Crippen molar-refractivity contribution in [2.24, 2.45) is 0 Å². The number of nitrogens with one attached hydrogen (secondary N) is 1. The van der Waals surface area contributed by atoms with E-state index >= 15 is 0 Å². The van der Waals surface area contributed by atoms with Crippen LogP contribution < -0.4 is 0 Å². The molecule has 1 N–H and O–H groups in total. The van der Waals surface area contributed by atoms with Crippen LogP contribution in [0.25, 0.3) is 11.4 Å². The van der Waals surface area contributed by atoms with Crippen molar-refractivity contribution in [2.75, 3.05) is 26.3 Å². The second kappa shape index (κ2) is 5.73. The average molecular weight is 308 g/mol. The van der Waals surface area contributed by atoms with Crippen molar-refractivity contribution in [2.45, 2.75) is 19.4 Å². The lowest BCUT2D eigenvalue weighted by Crippen LogP contribution is -2.48. The fraction of sp³-hybridized carbons (Fsp3) is 0.467. The highest BCUT2D eigenvalue weighted by Crippen LogP contribution is 2.27. The van der Waals surface area contributed by atoms with Crippen LogP contribution in [0.1, 0.15) is 19.7 Å². The molecule has 0 radical (unpaired) electrons. The van der Waals surface area contributed by atoms with Gasteiger partial charge >= 0.3 is 0 Å². The maximum absolute atomic E-state index is 13.3. The molecule has 1 aromatic carbocycles. The zero-order chi connectivity index (χ0) is 15.7. The molecule has 0 spiro atoms. The second-order valence-electron chi connectivity index (χ2n) is 5.79. The van der Waals surface area contributed by atoms with Gasteiger partial charge in [0.2, 0.25) is 0 Å². The summed E-state index contributed by atoms with van der Waals surface area (Å²) < 4.78 is 31.7. The lowest BCUT2D eigenvalue weighted by Gasteiger charge is -2.39. The van der Waals surface area contributed by atoms with E-state index in [0.717, 1.165) is 25.2 Å². The van der Waals surface area contributed by atoms with Gasteiger partial charge in [-0.15, -0.1) is 0 Å². The Morgan fingerprint density at radius 3 is 2.59 bits per heavy atom. The molecule has 2 heterocycles. The van der Waals surface area contributed by atoms with Gasteiger partial charge in [-0.25, -0.2) is 13.8 Å². The zero-order valence-electron chi connectivity index (χ0n) is 12.6. The summed E-state index contributed by atoms with van der Waals surface area (Å²) in [6, 6.07) is 3.64. The van der Waals surface area contributed by atoms with E-state index < -0.39 is 11.6 Å². The monoisotopic (exact) mass is 308 g/mol. The van der Waals surface area contributed by atoms with Gasteiger partial charge in [-0.2, -0.15) is 5.10 Å². The van der Waals surface area contributed by atoms with Crippen molar-refractivity contribution in [3.8, 4) is 11.4 Å². The van der Waals surface area contributed by atoms with Gasteiger partial charge < -0.3 is 4.74 Å². The van der Waals surface area contributed by atoms with Crippen LogP contribution in [0.15, 0.2) is 18.2 Å². The third-order valence-electron chi connectivity index (χ3n) is 4.04. The molecule has 118 valence electrons. The summed E-state index contributed by atoms with van der Waals surface area (Å²) in [7, 11) is 0. The summed E-state index contributed by atoms with van der Waals surface area (Å²) in [5, 5.41) is 7.05. The second-order valence-corrected chi connectivity index (χ2v) is 5.79.